The third-order valence-electron chi connectivity index (χ3n) is 5.33. The number of aliphatic hydroxyl groups excluding tert-OH is 1. The minimum Gasteiger partial charge on any atom is -0.507 e. The summed E-state index contributed by atoms with van der Waals surface area (Å²) in [5, 5.41) is 32.3. The summed E-state index contributed by atoms with van der Waals surface area (Å²) in [4.78, 5) is 38.0. The fraction of sp³-hybridized carbons (Fsp3) is 0.0833. The molecule has 9 heteroatoms. The molecule has 0 radical (unpaired) electrons. The van der Waals surface area contributed by atoms with Gasteiger partial charge < -0.3 is 14.9 Å². The highest BCUT2D eigenvalue weighted by atomic mass is 16.6. The second-order valence-corrected chi connectivity index (χ2v) is 7.24. The summed E-state index contributed by atoms with van der Waals surface area (Å²) in [6.07, 6.45) is 0. The lowest BCUT2D eigenvalue weighted by Gasteiger charge is -2.25. The van der Waals surface area contributed by atoms with E-state index in [4.69, 9.17) is 4.74 Å². The predicted molar refractivity (Wildman–Crippen MR) is 119 cm³/mol. The number of rotatable bonds is 5. The van der Waals surface area contributed by atoms with E-state index >= 15 is 0 Å². The van der Waals surface area contributed by atoms with Gasteiger partial charge in [0.2, 0.25) is 0 Å². The van der Waals surface area contributed by atoms with Crippen molar-refractivity contribution in [2.45, 2.75) is 6.04 Å². The fourth-order valence-corrected chi connectivity index (χ4v) is 3.79. The molecule has 0 bridgehead atoms. The molecule has 0 aliphatic carbocycles. The van der Waals surface area contributed by atoms with Gasteiger partial charge in [0, 0.05) is 17.7 Å². The number of Topliss-reactive ketones (excluding diaryl/α,β-unsaturated/α-hetero) is 1. The zero-order chi connectivity index (χ0) is 23.7. The zero-order valence-electron chi connectivity index (χ0n) is 17.3. The molecule has 0 spiro atoms. The minimum atomic E-state index is -1.12. The van der Waals surface area contributed by atoms with Crippen LogP contribution < -0.4 is 9.64 Å². The van der Waals surface area contributed by atoms with Gasteiger partial charge in [0.15, 0.2) is 11.5 Å². The number of non-ortho nitro benzene ring substituents is 1. The monoisotopic (exact) mass is 446 g/mol. The van der Waals surface area contributed by atoms with E-state index in [1.165, 1.54) is 49.6 Å². The number of nitro groups is 1. The van der Waals surface area contributed by atoms with Crippen LogP contribution in [0.4, 0.5) is 11.4 Å². The number of hydrogen-bond donors (Lipinski definition) is 2. The molecule has 2 N–H and O–H groups in total. The van der Waals surface area contributed by atoms with Crippen molar-refractivity contribution < 1.29 is 29.5 Å². The van der Waals surface area contributed by atoms with E-state index in [2.05, 4.69) is 0 Å². The van der Waals surface area contributed by atoms with Crippen molar-refractivity contribution in [3.05, 3.63) is 99.6 Å². The minimum absolute atomic E-state index is 0.0943. The van der Waals surface area contributed by atoms with Crippen LogP contribution in [0, 0.1) is 10.1 Å². The number of hydrogen-bond acceptors (Lipinski definition) is 7. The van der Waals surface area contributed by atoms with E-state index in [9.17, 15) is 29.9 Å². The Balaban J connectivity index is 1.98. The molecular weight excluding hydrogens is 428 g/mol. The van der Waals surface area contributed by atoms with Gasteiger partial charge in [-0.05, 0) is 23.8 Å². The van der Waals surface area contributed by atoms with Crippen LogP contribution >= 0.6 is 0 Å². The Morgan fingerprint density at radius 1 is 1.03 bits per heavy atom. The average molecular weight is 446 g/mol. The fourth-order valence-electron chi connectivity index (χ4n) is 3.79. The number of amides is 1. The first kappa shape index (κ1) is 21.6. The first-order chi connectivity index (χ1) is 15.8. The normalized spacial score (nSPS) is 17.2. The van der Waals surface area contributed by atoms with Gasteiger partial charge in [0.05, 0.1) is 29.3 Å². The van der Waals surface area contributed by atoms with Gasteiger partial charge >= 0.3 is 0 Å². The van der Waals surface area contributed by atoms with Crippen molar-refractivity contribution in [2.75, 3.05) is 12.0 Å². The van der Waals surface area contributed by atoms with Gasteiger partial charge in [-0.3, -0.25) is 24.6 Å². The summed E-state index contributed by atoms with van der Waals surface area (Å²) in [7, 11) is 1.35. The number of nitro benzene ring substituents is 1. The molecule has 0 unspecified atom stereocenters. The van der Waals surface area contributed by atoms with E-state index in [1.807, 2.05) is 0 Å². The van der Waals surface area contributed by atoms with E-state index in [0.717, 1.165) is 4.90 Å². The summed E-state index contributed by atoms with van der Waals surface area (Å²) in [6, 6.07) is 16.7. The Morgan fingerprint density at radius 3 is 2.42 bits per heavy atom. The lowest BCUT2D eigenvalue weighted by molar-refractivity contribution is -0.384. The number of carbonyl (C=O) groups is 2. The number of ketones is 1. The second-order valence-electron chi connectivity index (χ2n) is 7.24. The molecule has 1 heterocycles. The number of phenolic OH excluding ortho intramolecular Hbond substituents is 1. The van der Waals surface area contributed by atoms with Gasteiger partial charge in [-0.25, -0.2) is 0 Å². The van der Waals surface area contributed by atoms with Crippen LogP contribution in [0.1, 0.15) is 17.2 Å². The summed E-state index contributed by atoms with van der Waals surface area (Å²) in [6.45, 7) is 0. The average Bonchev–Trinajstić information content (AvgIpc) is 3.10. The highest BCUT2D eigenvalue weighted by Crippen LogP contribution is 2.44. The third kappa shape index (κ3) is 3.76. The summed E-state index contributed by atoms with van der Waals surface area (Å²) in [5.41, 5.74) is 0.332. The van der Waals surface area contributed by atoms with Crippen LogP contribution in [-0.2, 0) is 9.59 Å². The molecule has 1 aliphatic rings. The van der Waals surface area contributed by atoms with E-state index in [-0.39, 0.29) is 34.2 Å². The smallest absolute Gasteiger partial charge is 0.300 e. The van der Waals surface area contributed by atoms with Crippen molar-refractivity contribution in [3.8, 4) is 11.5 Å². The number of aromatic hydroxyl groups is 1. The number of aliphatic hydroxyl groups is 1. The highest BCUT2D eigenvalue weighted by Gasteiger charge is 2.47. The van der Waals surface area contributed by atoms with Gasteiger partial charge in [0.25, 0.3) is 17.4 Å². The topological polar surface area (TPSA) is 130 Å². The highest BCUT2D eigenvalue weighted by molar-refractivity contribution is 6.51. The summed E-state index contributed by atoms with van der Waals surface area (Å²) < 4.78 is 5.16. The second kappa shape index (κ2) is 8.46. The maximum Gasteiger partial charge on any atom is 0.300 e. The maximum absolute atomic E-state index is 13.1. The lowest BCUT2D eigenvalue weighted by Crippen LogP contribution is -2.29. The SMILES string of the molecule is COc1cc([C@H]2/C(=C(\O)c3ccccc3)C(=O)C(=O)N2c2cccc([N+](=O)[O-])c2)ccc1O. The Labute approximate surface area is 187 Å². The Morgan fingerprint density at radius 2 is 1.76 bits per heavy atom. The standard InChI is InChI=1S/C24H18N2O7/c1-33-19-12-15(10-11-18(19)27)21-20(22(28)14-6-3-2-4-7-14)23(29)24(30)25(21)16-8-5-9-17(13-16)26(31)32/h2-13,21,27-28H,1H3/b22-20+/t21-/m0/s1. The van der Waals surface area contributed by atoms with Crippen LogP contribution in [-0.4, -0.2) is 33.9 Å². The molecule has 1 fully saturated rings. The van der Waals surface area contributed by atoms with Crippen molar-refractivity contribution >= 4 is 28.8 Å². The Kier molecular flexibility index (Phi) is 5.53. The molecule has 166 valence electrons. The lowest BCUT2D eigenvalue weighted by atomic mass is 9.94. The Hall–Kier alpha value is -4.66. The maximum atomic E-state index is 13.1. The first-order valence-corrected chi connectivity index (χ1v) is 9.81. The molecule has 3 aromatic rings. The van der Waals surface area contributed by atoms with Crippen molar-refractivity contribution in [3.63, 3.8) is 0 Å². The predicted octanol–water partition coefficient (Wildman–Crippen LogP) is 3.94. The zero-order valence-corrected chi connectivity index (χ0v) is 17.3. The summed E-state index contributed by atoms with van der Waals surface area (Å²) in [5.74, 6) is -2.35. The molecule has 4 rings (SSSR count). The number of ether oxygens (including phenoxy) is 1. The largest absolute Gasteiger partial charge is 0.507 e. The van der Waals surface area contributed by atoms with Gasteiger partial charge in [-0.2, -0.15) is 0 Å². The van der Waals surface area contributed by atoms with Crippen LogP contribution in [0.25, 0.3) is 5.76 Å². The molecule has 33 heavy (non-hydrogen) atoms. The number of methoxy groups -OCH3 is 1. The van der Waals surface area contributed by atoms with Crippen LogP contribution in [0.15, 0.2) is 78.4 Å². The number of phenols is 1. The van der Waals surface area contributed by atoms with Crippen LogP contribution in [0.2, 0.25) is 0 Å². The molecule has 1 saturated heterocycles. The molecule has 0 aromatic heterocycles. The number of nitrogens with zero attached hydrogens (tertiary/aromatic N) is 2. The van der Waals surface area contributed by atoms with E-state index in [0.29, 0.717) is 11.1 Å². The molecule has 9 nitrogen and oxygen atoms in total. The van der Waals surface area contributed by atoms with E-state index < -0.39 is 22.7 Å². The quantitative estimate of drug-likeness (QED) is 0.200. The molecule has 3 aromatic carbocycles. The number of benzene rings is 3. The van der Waals surface area contributed by atoms with Gasteiger partial charge in [-0.1, -0.05) is 42.5 Å². The molecule has 0 saturated carbocycles. The van der Waals surface area contributed by atoms with Crippen molar-refractivity contribution in [2.24, 2.45) is 0 Å². The number of carbonyl (C=O) groups excluding carboxylic acids is 2. The molecule has 1 aliphatic heterocycles. The summed E-state index contributed by atoms with van der Waals surface area (Å²) >= 11 is 0. The van der Waals surface area contributed by atoms with E-state index in [1.54, 1.807) is 30.3 Å². The molecule has 1 amide bonds. The number of anilines is 1. The molecular formula is C24H18N2O7. The first-order valence-electron chi connectivity index (χ1n) is 9.81. The Bertz CT molecular complexity index is 1300. The third-order valence-corrected chi connectivity index (χ3v) is 5.33. The van der Waals surface area contributed by atoms with Crippen LogP contribution in [0.5, 0.6) is 11.5 Å². The van der Waals surface area contributed by atoms with Crippen LogP contribution in [0.3, 0.4) is 0 Å². The van der Waals surface area contributed by atoms with Gasteiger partial charge in [0.1, 0.15) is 5.76 Å². The molecule has 1 atom stereocenters. The van der Waals surface area contributed by atoms with Crippen molar-refractivity contribution in [1.82, 2.24) is 0 Å². The van der Waals surface area contributed by atoms with Crippen molar-refractivity contribution in [1.29, 1.82) is 0 Å². The van der Waals surface area contributed by atoms with Gasteiger partial charge in [-0.15, -0.1) is 0 Å².